The van der Waals surface area contributed by atoms with E-state index in [1.54, 1.807) is 48.5 Å². The zero-order chi connectivity index (χ0) is 19.6. The van der Waals surface area contributed by atoms with Gasteiger partial charge in [-0.3, -0.25) is 9.59 Å². The number of carbonyl (C=O) groups excluding carboxylic acids is 2. The lowest BCUT2D eigenvalue weighted by atomic mass is 10.2. The van der Waals surface area contributed by atoms with Gasteiger partial charge in [-0.1, -0.05) is 23.2 Å². The van der Waals surface area contributed by atoms with Crippen molar-refractivity contribution in [2.24, 2.45) is 0 Å². The minimum absolute atomic E-state index is 0.0141. The molecule has 0 atom stereocenters. The number of nitrogens with zero attached hydrogens (tertiary/aromatic N) is 3. The standard InChI is InChI=1S/C19H12Cl2N4O2/c1-11(26)17-16(10-22)18(23-19(27)12-2-4-13(20)5-3-12)25(24-17)15-8-6-14(21)7-9-15/h2-9H,1H3,(H,23,27). The van der Waals surface area contributed by atoms with Gasteiger partial charge in [0.25, 0.3) is 5.91 Å². The number of halogens is 2. The highest BCUT2D eigenvalue weighted by molar-refractivity contribution is 6.31. The lowest BCUT2D eigenvalue weighted by Gasteiger charge is -2.10. The van der Waals surface area contributed by atoms with Crippen LogP contribution in [0.5, 0.6) is 0 Å². The van der Waals surface area contributed by atoms with Crippen molar-refractivity contribution >= 4 is 40.7 Å². The Morgan fingerprint density at radius 1 is 1.04 bits per heavy atom. The van der Waals surface area contributed by atoms with Crippen molar-refractivity contribution in [1.82, 2.24) is 9.78 Å². The number of carbonyl (C=O) groups is 2. The Balaban J connectivity index is 2.10. The first-order valence-electron chi connectivity index (χ1n) is 7.77. The third-order valence-corrected chi connectivity index (χ3v) is 4.24. The number of Topliss-reactive ketones (excluding diaryl/α,β-unsaturated/α-hetero) is 1. The molecule has 1 heterocycles. The summed E-state index contributed by atoms with van der Waals surface area (Å²) in [6.45, 7) is 1.31. The van der Waals surface area contributed by atoms with Crippen molar-refractivity contribution in [3.8, 4) is 11.8 Å². The Bertz CT molecular complexity index is 1060. The van der Waals surface area contributed by atoms with Gasteiger partial charge in [-0.05, 0) is 48.5 Å². The summed E-state index contributed by atoms with van der Waals surface area (Å²) in [5, 5.41) is 17.4. The molecular weight excluding hydrogens is 387 g/mol. The maximum atomic E-state index is 12.6. The Kier molecular flexibility index (Phi) is 5.26. The van der Waals surface area contributed by atoms with Crippen LogP contribution in [0.1, 0.15) is 33.3 Å². The molecule has 0 saturated heterocycles. The number of nitriles is 1. The van der Waals surface area contributed by atoms with Gasteiger partial charge in [0.05, 0.1) is 5.69 Å². The maximum Gasteiger partial charge on any atom is 0.256 e. The quantitative estimate of drug-likeness (QED) is 0.654. The summed E-state index contributed by atoms with van der Waals surface area (Å²) in [6.07, 6.45) is 0. The number of amides is 1. The first kappa shape index (κ1) is 18.6. The topological polar surface area (TPSA) is 87.8 Å². The highest BCUT2D eigenvalue weighted by Crippen LogP contribution is 2.25. The van der Waals surface area contributed by atoms with Crippen molar-refractivity contribution in [3.05, 3.63) is 75.4 Å². The molecular formula is C19H12Cl2N4O2. The van der Waals surface area contributed by atoms with E-state index in [4.69, 9.17) is 23.2 Å². The highest BCUT2D eigenvalue weighted by Gasteiger charge is 2.23. The van der Waals surface area contributed by atoms with E-state index >= 15 is 0 Å². The van der Waals surface area contributed by atoms with E-state index < -0.39 is 5.91 Å². The number of rotatable bonds is 4. The predicted octanol–water partition coefficient (Wildman–Crippen LogP) is 4.51. The predicted molar refractivity (Wildman–Crippen MR) is 103 cm³/mol. The van der Waals surface area contributed by atoms with Crippen molar-refractivity contribution < 1.29 is 9.59 Å². The Hall–Kier alpha value is -3.14. The van der Waals surface area contributed by atoms with Gasteiger partial charge in [0.1, 0.15) is 17.3 Å². The molecule has 1 aromatic heterocycles. The molecule has 0 unspecified atom stereocenters. The second-order valence-electron chi connectivity index (χ2n) is 5.59. The average Bonchev–Trinajstić information content (AvgIpc) is 3.01. The van der Waals surface area contributed by atoms with Crippen molar-refractivity contribution in [2.45, 2.75) is 6.92 Å². The third kappa shape index (κ3) is 3.85. The molecule has 0 aliphatic carbocycles. The van der Waals surface area contributed by atoms with Gasteiger partial charge in [-0.25, -0.2) is 4.68 Å². The van der Waals surface area contributed by atoms with Crippen LogP contribution in [-0.2, 0) is 0 Å². The highest BCUT2D eigenvalue weighted by atomic mass is 35.5. The van der Waals surface area contributed by atoms with E-state index in [9.17, 15) is 14.9 Å². The zero-order valence-corrected chi connectivity index (χ0v) is 15.5. The molecule has 0 radical (unpaired) electrons. The fourth-order valence-corrected chi connectivity index (χ4v) is 2.69. The molecule has 0 saturated carbocycles. The second kappa shape index (κ2) is 7.62. The van der Waals surface area contributed by atoms with Gasteiger partial charge in [-0.2, -0.15) is 10.4 Å². The summed E-state index contributed by atoms with van der Waals surface area (Å²) in [7, 11) is 0. The van der Waals surface area contributed by atoms with E-state index in [0.717, 1.165) is 0 Å². The molecule has 0 fully saturated rings. The van der Waals surface area contributed by atoms with Gasteiger partial charge in [0.15, 0.2) is 11.6 Å². The molecule has 0 aliphatic rings. The fraction of sp³-hybridized carbons (Fsp3) is 0.0526. The molecule has 2 aromatic carbocycles. The van der Waals surface area contributed by atoms with Crippen molar-refractivity contribution in [3.63, 3.8) is 0 Å². The molecule has 1 amide bonds. The van der Waals surface area contributed by atoms with Crippen LogP contribution in [0.15, 0.2) is 48.5 Å². The van der Waals surface area contributed by atoms with Gasteiger partial charge >= 0.3 is 0 Å². The third-order valence-electron chi connectivity index (χ3n) is 3.74. The van der Waals surface area contributed by atoms with Crippen LogP contribution in [0.2, 0.25) is 10.0 Å². The lowest BCUT2D eigenvalue weighted by molar-refractivity contribution is 0.100. The molecule has 3 rings (SSSR count). The SMILES string of the molecule is CC(=O)c1nn(-c2ccc(Cl)cc2)c(NC(=O)c2ccc(Cl)cc2)c1C#N. The molecule has 27 heavy (non-hydrogen) atoms. The van der Waals surface area contributed by atoms with Crippen molar-refractivity contribution in [2.75, 3.05) is 5.32 Å². The monoisotopic (exact) mass is 398 g/mol. The van der Waals surface area contributed by atoms with Gasteiger partial charge < -0.3 is 5.32 Å². The smallest absolute Gasteiger partial charge is 0.256 e. The lowest BCUT2D eigenvalue weighted by Crippen LogP contribution is -2.16. The summed E-state index contributed by atoms with van der Waals surface area (Å²) in [5.74, 6) is -0.750. The average molecular weight is 399 g/mol. The molecule has 0 bridgehead atoms. The van der Waals surface area contributed by atoms with Crippen LogP contribution >= 0.6 is 23.2 Å². The van der Waals surface area contributed by atoms with Crippen LogP contribution in [0, 0.1) is 11.3 Å². The van der Waals surface area contributed by atoms with E-state index in [1.807, 2.05) is 6.07 Å². The van der Waals surface area contributed by atoms with Gasteiger partial charge in [0.2, 0.25) is 0 Å². The number of benzene rings is 2. The second-order valence-corrected chi connectivity index (χ2v) is 6.46. The molecule has 3 aromatic rings. The Morgan fingerprint density at radius 2 is 1.59 bits per heavy atom. The molecule has 134 valence electrons. The van der Waals surface area contributed by atoms with Crippen molar-refractivity contribution in [1.29, 1.82) is 5.26 Å². The number of nitrogens with one attached hydrogen (secondary N) is 1. The summed E-state index contributed by atoms with van der Waals surface area (Å²) < 4.78 is 1.33. The largest absolute Gasteiger partial charge is 0.305 e. The van der Waals surface area contributed by atoms with Crippen LogP contribution in [-0.4, -0.2) is 21.5 Å². The van der Waals surface area contributed by atoms with Crippen LogP contribution < -0.4 is 5.32 Å². The van der Waals surface area contributed by atoms with E-state index in [0.29, 0.717) is 21.3 Å². The minimum Gasteiger partial charge on any atom is -0.305 e. The number of hydrogen-bond acceptors (Lipinski definition) is 4. The van der Waals surface area contributed by atoms with Crippen LogP contribution in [0.4, 0.5) is 5.82 Å². The van der Waals surface area contributed by atoms with Gasteiger partial charge in [-0.15, -0.1) is 0 Å². The first-order valence-corrected chi connectivity index (χ1v) is 8.53. The Morgan fingerprint density at radius 3 is 2.11 bits per heavy atom. The number of aromatic nitrogens is 2. The molecule has 0 spiro atoms. The molecule has 1 N–H and O–H groups in total. The molecule has 0 aliphatic heterocycles. The summed E-state index contributed by atoms with van der Waals surface area (Å²) in [5.41, 5.74) is 0.838. The number of anilines is 1. The fourth-order valence-electron chi connectivity index (χ4n) is 2.44. The summed E-state index contributed by atoms with van der Waals surface area (Å²) >= 11 is 11.8. The molecule has 6 nitrogen and oxygen atoms in total. The summed E-state index contributed by atoms with van der Waals surface area (Å²) in [6, 6.07) is 14.8. The molecule has 8 heteroatoms. The van der Waals surface area contributed by atoms with E-state index in [-0.39, 0.29) is 22.9 Å². The normalized spacial score (nSPS) is 10.3. The van der Waals surface area contributed by atoms with Gasteiger partial charge in [0, 0.05) is 22.5 Å². The Labute approximate surface area is 164 Å². The van der Waals surface area contributed by atoms with E-state index in [1.165, 1.54) is 11.6 Å². The van der Waals surface area contributed by atoms with Crippen LogP contribution in [0.25, 0.3) is 5.69 Å². The summed E-state index contributed by atoms with van der Waals surface area (Å²) in [4.78, 5) is 24.5. The van der Waals surface area contributed by atoms with Crippen LogP contribution in [0.3, 0.4) is 0 Å². The maximum absolute atomic E-state index is 12.6. The van der Waals surface area contributed by atoms with E-state index in [2.05, 4.69) is 10.4 Å². The minimum atomic E-state index is -0.464. The zero-order valence-electron chi connectivity index (χ0n) is 14.0. The first-order chi connectivity index (χ1) is 12.9. The number of ketones is 1. The number of hydrogen-bond donors (Lipinski definition) is 1.